The van der Waals surface area contributed by atoms with Crippen LogP contribution in [0, 0.1) is 5.92 Å². The van der Waals surface area contributed by atoms with E-state index in [2.05, 4.69) is 27.1 Å². The fourth-order valence-corrected chi connectivity index (χ4v) is 2.69. The van der Waals surface area contributed by atoms with E-state index in [0.29, 0.717) is 16.3 Å². The predicted octanol–water partition coefficient (Wildman–Crippen LogP) is 3.62. The highest BCUT2D eigenvalue weighted by atomic mass is 35.5. The zero-order valence-corrected chi connectivity index (χ0v) is 13.8. The first-order valence-corrected chi connectivity index (χ1v) is 8.13. The molecule has 0 bridgehead atoms. The van der Waals surface area contributed by atoms with Gasteiger partial charge in [-0.1, -0.05) is 18.5 Å². The minimum absolute atomic E-state index is 0.204. The standard InChI is InChI=1S/C17H19ClN4O/c1-12-6-8-22(9-7-12)17-19-10-15(11-20-17)21-16(23)13-2-4-14(18)5-3-13/h2-5,10-12H,6-9H2,1H3,(H,21,23). The summed E-state index contributed by atoms with van der Waals surface area (Å²) in [6.07, 6.45) is 5.62. The van der Waals surface area contributed by atoms with Crippen molar-refractivity contribution >= 4 is 29.1 Å². The molecule has 1 fully saturated rings. The summed E-state index contributed by atoms with van der Waals surface area (Å²) in [5, 5.41) is 3.39. The largest absolute Gasteiger partial charge is 0.341 e. The number of nitrogens with zero attached hydrogens (tertiary/aromatic N) is 3. The molecule has 0 radical (unpaired) electrons. The summed E-state index contributed by atoms with van der Waals surface area (Å²) in [7, 11) is 0. The van der Waals surface area contributed by atoms with Crippen LogP contribution in [-0.2, 0) is 0 Å². The number of anilines is 2. The highest BCUT2D eigenvalue weighted by Gasteiger charge is 2.17. The first-order chi connectivity index (χ1) is 11.1. The molecule has 2 aromatic rings. The first-order valence-electron chi connectivity index (χ1n) is 7.76. The quantitative estimate of drug-likeness (QED) is 0.933. The Labute approximate surface area is 140 Å². The van der Waals surface area contributed by atoms with Crippen LogP contribution in [-0.4, -0.2) is 29.0 Å². The molecule has 0 aliphatic carbocycles. The van der Waals surface area contributed by atoms with Crippen molar-refractivity contribution < 1.29 is 4.79 Å². The Morgan fingerprint density at radius 1 is 1.17 bits per heavy atom. The van der Waals surface area contributed by atoms with Gasteiger partial charge in [0.15, 0.2) is 0 Å². The maximum atomic E-state index is 12.1. The van der Waals surface area contributed by atoms with Gasteiger partial charge in [-0.15, -0.1) is 0 Å². The lowest BCUT2D eigenvalue weighted by Crippen LogP contribution is -2.34. The van der Waals surface area contributed by atoms with Crippen LogP contribution < -0.4 is 10.2 Å². The fraction of sp³-hybridized carbons (Fsp3) is 0.353. The van der Waals surface area contributed by atoms with E-state index in [4.69, 9.17) is 11.6 Å². The number of benzene rings is 1. The van der Waals surface area contributed by atoms with Crippen LogP contribution >= 0.6 is 11.6 Å². The van der Waals surface area contributed by atoms with Crippen LogP contribution in [0.3, 0.4) is 0 Å². The monoisotopic (exact) mass is 330 g/mol. The van der Waals surface area contributed by atoms with Crippen molar-refractivity contribution in [1.82, 2.24) is 9.97 Å². The molecule has 23 heavy (non-hydrogen) atoms. The summed E-state index contributed by atoms with van der Waals surface area (Å²) in [4.78, 5) is 23.0. The maximum Gasteiger partial charge on any atom is 0.255 e. The van der Waals surface area contributed by atoms with Crippen LogP contribution in [0.4, 0.5) is 11.6 Å². The van der Waals surface area contributed by atoms with Crippen molar-refractivity contribution in [3.63, 3.8) is 0 Å². The second kappa shape index (κ2) is 6.96. The van der Waals surface area contributed by atoms with Crippen molar-refractivity contribution in [2.24, 2.45) is 5.92 Å². The number of carbonyl (C=O) groups is 1. The van der Waals surface area contributed by atoms with Gasteiger partial charge in [-0.25, -0.2) is 9.97 Å². The third-order valence-electron chi connectivity index (χ3n) is 4.07. The van der Waals surface area contributed by atoms with E-state index in [1.54, 1.807) is 36.7 Å². The summed E-state index contributed by atoms with van der Waals surface area (Å²) in [5.74, 6) is 1.29. The Morgan fingerprint density at radius 3 is 2.39 bits per heavy atom. The molecule has 0 unspecified atom stereocenters. The van der Waals surface area contributed by atoms with E-state index in [9.17, 15) is 4.79 Å². The number of nitrogens with one attached hydrogen (secondary N) is 1. The first kappa shape index (κ1) is 15.7. The third kappa shape index (κ3) is 3.99. The summed E-state index contributed by atoms with van der Waals surface area (Å²) >= 11 is 5.82. The topological polar surface area (TPSA) is 58.1 Å². The van der Waals surface area contributed by atoms with E-state index in [-0.39, 0.29) is 5.91 Å². The Bertz CT molecular complexity index is 664. The Balaban J connectivity index is 1.63. The molecule has 1 N–H and O–H groups in total. The molecule has 2 heterocycles. The maximum absolute atomic E-state index is 12.1. The molecule has 5 nitrogen and oxygen atoms in total. The number of carbonyl (C=O) groups excluding carboxylic acids is 1. The molecule has 1 aromatic heterocycles. The lowest BCUT2D eigenvalue weighted by Gasteiger charge is -2.30. The number of rotatable bonds is 3. The summed E-state index contributed by atoms with van der Waals surface area (Å²) in [6, 6.07) is 6.74. The van der Waals surface area contributed by atoms with Gasteiger partial charge in [-0.2, -0.15) is 0 Å². The highest BCUT2D eigenvalue weighted by Crippen LogP contribution is 2.20. The summed E-state index contributed by atoms with van der Waals surface area (Å²) in [6.45, 7) is 4.24. The molecule has 0 saturated carbocycles. The van der Waals surface area contributed by atoms with Crippen molar-refractivity contribution in [2.75, 3.05) is 23.3 Å². The van der Waals surface area contributed by atoms with Gasteiger partial charge in [0.05, 0.1) is 18.1 Å². The molecule has 6 heteroatoms. The van der Waals surface area contributed by atoms with Crippen LogP contribution in [0.25, 0.3) is 0 Å². The van der Waals surface area contributed by atoms with Crippen LogP contribution in [0.1, 0.15) is 30.1 Å². The molecule has 1 aliphatic heterocycles. The van der Waals surface area contributed by atoms with Gasteiger partial charge in [0.2, 0.25) is 5.95 Å². The number of hydrogen-bond donors (Lipinski definition) is 1. The molecule has 120 valence electrons. The summed E-state index contributed by atoms with van der Waals surface area (Å²) < 4.78 is 0. The average Bonchev–Trinajstić information content (AvgIpc) is 2.57. The Morgan fingerprint density at radius 2 is 1.78 bits per heavy atom. The summed E-state index contributed by atoms with van der Waals surface area (Å²) in [5.41, 5.74) is 1.13. The van der Waals surface area contributed by atoms with Crippen molar-refractivity contribution in [2.45, 2.75) is 19.8 Å². The second-order valence-corrected chi connectivity index (χ2v) is 6.34. The van der Waals surface area contributed by atoms with Crippen LogP contribution in [0.15, 0.2) is 36.7 Å². The number of halogens is 1. The third-order valence-corrected chi connectivity index (χ3v) is 4.32. The minimum atomic E-state index is -0.204. The minimum Gasteiger partial charge on any atom is -0.341 e. The van der Waals surface area contributed by atoms with Gasteiger partial charge in [0.25, 0.3) is 5.91 Å². The van der Waals surface area contributed by atoms with Crippen molar-refractivity contribution in [3.8, 4) is 0 Å². The number of aromatic nitrogens is 2. The Hall–Kier alpha value is -2.14. The van der Waals surface area contributed by atoms with Crippen molar-refractivity contribution in [1.29, 1.82) is 0 Å². The highest BCUT2D eigenvalue weighted by molar-refractivity contribution is 6.30. The van der Waals surface area contributed by atoms with E-state index in [0.717, 1.165) is 25.0 Å². The molecule has 1 saturated heterocycles. The molecule has 3 rings (SSSR count). The number of hydrogen-bond acceptors (Lipinski definition) is 4. The van der Waals surface area contributed by atoms with E-state index < -0.39 is 0 Å². The van der Waals surface area contributed by atoms with E-state index in [1.807, 2.05) is 0 Å². The SMILES string of the molecule is CC1CCN(c2ncc(NC(=O)c3ccc(Cl)cc3)cn2)CC1. The zero-order chi connectivity index (χ0) is 16.2. The van der Waals surface area contributed by atoms with Gasteiger partial charge >= 0.3 is 0 Å². The zero-order valence-electron chi connectivity index (χ0n) is 13.0. The van der Waals surface area contributed by atoms with E-state index >= 15 is 0 Å². The molecule has 1 aliphatic rings. The fourth-order valence-electron chi connectivity index (χ4n) is 2.56. The van der Waals surface area contributed by atoms with Crippen LogP contribution in [0.2, 0.25) is 5.02 Å². The predicted molar refractivity (Wildman–Crippen MR) is 92.0 cm³/mol. The van der Waals surface area contributed by atoms with Gasteiger partial charge in [-0.3, -0.25) is 4.79 Å². The smallest absolute Gasteiger partial charge is 0.255 e. The molecule has 1 amide bonds. The molecular weight excluding hydrogens is 312 g/mol. The van der Waals surface area contributed by atoms with Gasteiger partial charge in [0.1, 0.15) is 0 Å². The Kier molecular flexibility index (Phi) is 4.76. The van der Waals surface area contributed by atoms with Gasteiger partial charge in [0, 0.05) is 23.7 Å². The molecule has 1 aromatic carbocycles. The number of piperidine rings is 1. The normalized spacial score (nSPS) is 15.5. The lowest BCUT2D eigenvalue weighted by molar-refractivity contribution is 0.102. The molecular formula is C17H19ClN4O. The van der Waals surface area contributed by atoms with Crippen molar-refractivity contribution in [3.05, 3.63) is 47.2 Å². The van der Waals surface area contributed by atoms with E-state index in [1.165, 1.54) is 12.8 Å². The lowest BCUT2D eigenvalue weighted by atomic mass is 10.00. The molecule has 0 atom stereocenters. The van der Waals surface area contributed by atoms with Gasteiger partial charge < -0.3 is 10.2 Å². The molecule has 0 spiro atoms. The number of amides is 1. The van der Waals surface area contributed by atoms with Crippen LogP contribution in [0.5, 0.6) is 0 Å². The second-order valence-electron chi connectivity index (χ2n) is 5.90. The average molecular weight is 331 g/mol. The van der Waals surface area contributed by atoms with Gasteiger partial charge in [-0.05, 0) is 43.0 Å².